The summed E-state index contributed by atoms with van der Waals surface area (Å²) < 4.78 is 0. The van der Waals surface area contributed by atoms with Crippen molar-refractivity contribution >= 4 is 0 Å². The van der Waals surface area contributed by atoms with Crippen molar-refractivity contribution in [2.45, 2.75) is 12.8 Å². The van der Waals surface area contributed by atoms with Crippen LogP contribution in [0.15, 0.2) is 36.5 Å². The second-order valence-corrected chi connectivity index (χ2v) is 3.04. The first-order chi connectivity index (χ1) is 4.97. The third-order valence-corrected chi connectivity index (χ3v) is 2.36. The molecule has 2 atom stereocenters. The first kappa shape index (κ1) is 5.96. The average molecular weight is 132 g/mol. The van der Waals surface area contributed by atoms with E-state index in [1.807, 2.05) is 0 Å². The third kappa shape index (κ3) is 0.942. The number of hydrogen-bond acceptors (Lipinski definition) is 0. The van der Waals surface area contributed by atoms with Gasteiger partial charge in [-0.05, 0) is 24.7 Å². The van der Waals surface area contributed by atoms with Gasteiger partial charge < -0.3 is 0 Å². The summed E-state index contributed by atoms with van der Waals surface area (Å²) in [5.41, 5.74) is 0. The largest absolute Gasteiger partial charge is 0.0879 e. The van der Waals surface area contributed by atoms with Crippen molar-refractivity contribution in [3.05, 3.63) is 36.5 Å². The van der Waals surface area contributed by atoms with Gasteiger partial charge in [0.25, 0.3) is 0 Å². The van der Waals surface area contributed by atoms with Gasteiger partial charge in [-0.1, -0.05) is 36.5 Å². The lowest BCUT2D eigenvalue weighted by atomic mass is 9.81. The molecule has 0 heterocycles. The second-order valence-electron chi connectivity index (χ2n) is 3.04. The molecule has 2 aliphatic rings. The smallest absolute Gasteiger partial charge is 0.0130 e. The number of rotatable bonds is 0. The van der Waals surface area contributed by atoms with E-state index >= 15 is 0 Å². The minimum atomic E-state index is 0.801. The maximum Gasteiger partial charge on any atom is -0.0130 e. The van der Waals surface area contributed by atoms with Crippen LogP contribution in [0.2, 0.25) is 0 Å². The molecule has 2 rings (SSSR count). The van der Waals surface area contributed by atoms with Crippen molar-refractivity contribution in [1.29, 1.82) is 0 Å². The van der Waals surface area contributed by atoms with Gasteiger partial charge in [-0.3, -0.25) is 0 Å². The van der Waals surface area contributed by atoms with E-state index in [4.69, 9.17) is 0 Å². The van der Waals surface area contributed by atoms with Crippen LogP contribution in [-0.2, 0) is 0 Å². The highest BCUT2D eigenvalue weighted by molar-refractivity contribution is 5.18. The zero-order valence-electron chi connectivity index (χ0n) is 6.03. The third-order valence-electron chi connectivity index (χ3n) is 2.36. The summed E-state index contributed by atoms with van der Waals surface area (Å²) in [6.45, 7) is 0. The van der Waals surface area contributed by atoms with Crippen molar-refractivity contribution in [1.82, 2.24) is 0 Å². The Morgan fingerprint density at radius 2 is 1.30 bits per heavy atom. The molecule has 0 aromatic heterocycles. The van der Waals surface area contributed by atoms with E-state index in [2.05, 4.69) is 36.5 Å². The van der Waals surface area contributed by atoms with Crippen LogP contribution in [0, 0.1) is 11.8 Å². The van der Waals surface area contributed by atoms with Crippen LogP contribution in [0.3, 0.4) is 0 Å². The lowest BCUT2D eigenvalue weighted by molar-refractivity contribution is 0.460. The Labute approximate surface area is 61.9 Å². The van der Waals surface area contributed by atoms with Crippen LogP contribution in [-0.4, -0.2) is 0 Å². The van der Waals surface area contributed by atoms with E-state index in [1.54, 1.807) is 0 Å². The fourth-order valence-electron chi connectivity index (χ4n) is 1.71. The molecule has 52 valence electrons. The molecule has 2 aliphatic carbocycles. The van der Waals surface area contributed by atoms with Gasteiger partial charge in [0.1, 0.15) is 0 Å². The van der Waals surface area contributed by atoms with Gasteiger partial charge >= 0.3 is 0 Å². The van der Waals surface area contributed by atoms with Crippen LogP contribution in [0.4, 0.5) is 0 Å². The molecule has 0 nitrogen and oxygen atoms in total. The fourth-order valence-corrected chi connectivity index (χ4v) is 1.71. The minimum absolute atomic E-state index is 0.801. The van der Waals surface area contributed by atoms with E-state index in [1.165, 1.54) is 12.8 Å². The summed E-state index contributed by atoms with van der Waals surface area (Å²) in [4.78, 5) is 0. The van der Waals surface area contributed by atoms with Gasteiger partial charge in [-0.2, -0.15) is 0 Å². The molecule has 0 aromatic carbocycles. The molecule has 0 radical (unpaired) electrons. The Balaban J connectivity index is 2.19. The van der Waals surface area contributed by atoms with Crippen molar-refractivity contribution < 1.29 is 0 Å². The molecule has 0 fully saturated rings. The Morgan fingerprint density at radius 1 is 0.800 bits per heavy atom. The molecule has 0 saturated carbocycles. The molecular formula is C10H12. The van der Waals surface area contributed by atoms with Crippen LogP contribution in [0.25, 0.3) is 0 Å². The molecule has 0 unspecified atom stereocenters. The highest BCUT2D eigenvalue weighted by atomic mass is 14.2. The van der Waals surface area contributed by atoms with Gasteiger partial charge in [0.15, 0.2) is 0 Å². The maximum absolute atomic E-state index is 2.33. The molecular weight excluding hydrogens is 120 g/mol. The van der Waals surface area contributed by atoms with E-state index in [0.29, 0.717) is 0 Å². The van der Waals surface area contributed by atoms with Crippen LogP contribution in [0.1, 0.15) is 12.8 Å². The SMILES string of the molecule is C1=C[C@H]2CC=CC[C@@H]2C=C1. The molecule has 0 bridgehead atoms. The summed E-state index contributed by atoms with van der Waals surface area (Å²) in [7, 11) is 0. The Hall–Kier alpha value is -0.780. The topological polar surface area (TPSA) is 0 Å². The predicted molar refractivity (Wildman–Crippen MR) is 43.6 cm³/mol. The van der Waals surface area contributed by atoms with Crippen molar-refractivity contribution in [3.63, 3.8) is 0 Å². The summed E-state index contributed by atoms with van der Waals surface area (Å²) in [6, 6.07) is 0. The van der Waals surface area contributed by atoms with Crippen molar-refractivity contribution in [2.75, 3.05) is 0 Å². The average Bonchev–Trinajstić information content (AvgIpc) is 2.05. The van der Waals surface area contributed by atoms with Gasteiger partial charge in [-0.15, -0.1) is 0 Å². The van der Waals surface area contributed by atoms with Gasteiger partial charge in [0.2, 0.25) is 0 Å². The van der Waals surface area contributed by atoms with Gasteiger partial charge in [-0.25, -0.2) is 0 Å². The maximum atomic E-state index is 2.33. The molecule has 0 spiro atoms. The van der Waals surface area contributed by atoms with Crippen LogP contribution < -0.4 is 0 Å². The summed E-state index contributed by atoms with van der Waals surface area (Å²) in [6.07, 6.45) is 16.1. The molecule has 10 heavy (non-hydrogen) atoms. The van der Waals surface area contributed by atoms with Crippen LogP contribution >= 0.6 is 0 Å². The lowest BCUT2D eigenvalue weighted by Crippen LogP contribution is -2.13. The van der Waals surface area contributed by atoms with E-state index in [-0.39, 0.29) is 0 Å². The zero-order valence-corrected chi connectivity index (χ0v) is 6.03. The van der Waals surface area contributed by atoms with Gasteiger partial charge in [0.05, 0.1) is 0 Å². The summed E-state index contributed by atoms with van der Waals surface area (Å²) in [5, 5.41) is 0. The van der Waals surface area contributed by atoms with Crippen LogP contribution in [0.5, 0.6) is 0 Å². The van der Waals surface area contributed by atoms with E-state index in [9.17, 15) is 0 Å². The Morgan fingerprint density at radius 3 is 1.80 bits per heavy atom. The Bertz CT molecular complexity index is 174. The van der Waals surface area contributed by atoms with E-state index in [0.717, 1.165) is 11.8 Å². The summed E-state index contributed by atoms with van der Waals surface area (Å²) in [5.74, 6) is 1.60. The predicted octanol–water partition coefficient (Wildman–Crippen LogP) is 2.69. The number of hydrogen-bond donors (Lipinski definition) is 0. The highest BCUT2D eigenvalue weighted by Crippen LogP contribution is 2.29. The molecule has 0 N–H and O–H groups in total. The second kappa shape index (κ2) is 2.45. The van der Waals surface area contributed by atoms with Crippen molar-refractivity contribution in [2.24, 2.45) is 11.8 Å². The standard InChI is InChI=1S/C10H12/c1-2-6-10-8-4-3-7-9(10)5-1/h1-6,9-10H,7-8H2/t9-,10-/m0/s1. The molecule has 0 aromatic rings. The zero-order chi connectivity index (χ0) is 6.81. The summed E-state index contributed by atoms with van der Waals surface area (Å²) >= 11 is 0. The minimum Gasteiger partial charge on any atom is -0.0879 e. The number of allylic oxidation sites excluding steroid dienone is 6. The monoisotopic (exact) mass is 132 g/mol. The normalized spacial score (nSPS) is 36.0. The number of fused-ring (bicyclic) bond motifs is 1. The van der Waals surface area contributed by atoms with Gasteiger partial charge in [0, 0.05) is 0 Å². The highest BCUT2D eigenvalue weighted by Gasteiger charge is 2.18. The van der Waals surface area contributed by atoms with Crippen molar-refractivity contribution in [3.8, 4) is 0 Å². The molecule has 0 saturated heterocycles. The lowest BCUT2D eigenvalue weighted by Gasteiger charge is -2.24. The quantitative estimate of drug-likeness (QED) is 0.444. The first-order valence-corrected chi connectivity index (χ1v) is 3.97. The van der Waals surface area contributed by atoms with E-state index < -0.39 is 0 Å². The molecule has 0 amide bonds. The molecule has 0 heteroatoms. The molecule has 0 aliphatic heterocycles. The fraction of sp³-hybridized carbons (Fsp3) is 0.400. The first-order valence-electron chi connectivity index (χ1n) is 3.97. The Kier molecular flexibility index (Phi) is 1.46.